The van der Waals surface area contributed by atoms with E-state index in [-0.39, 0.29) is 11.8 Å². The first-order valence-electron chi connectivity index (χ1n) is 10.7. The predicted molar refractivity (Wildman–Crippen MR) is 116 cm³/mol. The molecule has 0 bridgehead atoms. The monoisotopic (exact) mass is 420 g/mol. The lowest BCUT2D eigenvalue weighted by Crippen LogP contribution is -2.34. The van der Waals surface area contributed by atoms with Gasteiger partial charge in [-0.25, -0.2) is 14.6 Å². The van der Waals surface area contributed by atoms with E-state index in [1.54, 1.807) is 18.0 Å². The van der Waals surface area contributed by atoms with Gasteiger partial charge in [-0.15, -0.1) is 0 Å². The third kappa shape index (κ3) is 6.05. The summed E-state index contributed by atoms with van der Waals surface area (Å²) < 4.78 is 7.26. The number of carbonyl (C=O) groups excluding carboxylic acids is 1. The summed E-state index contributed by atoms with van der Waals surface area (Å²) in [7, 11) is 0. The fourth-order valence-electron chi connectivity index (χ4n) is 3.61. The topological polar surface area (TPSA) is 94.0 Å². The summed E-state index contributed by atoms with van der Waals surface area (Å²) in [5.74, 6) is 2.03. The van der Waals surface area contributed by atoms with Crippen LogP contribution in [-0.4, -0.2) is 57.7 Å². The summed E-state index contributed by atoms with van der Waals surface area (Å²) in [6.45, 7) is 7.21. The second kappa shape index (κ2) is 11.3. The van der Waals surface area contributed by atoms with Crippen molar-refractivity contribution in [2.45, 2.75) is 57.7 Å². The van der Waals surface area contributed by atoms with Crippen molar-refractivity contribution in [3.63, 3.8) is 0 Å². The number of anilines is 1. The maximum Gasteiger partial charge on any atom is 0.223 e. The van der Waals surface area contributed by atoms with Crippen LogP contribution in [0.25, 0.3) is 11.0 Å². The van der Waals surface area contributed by atoms with Gasteiger partial charge in [-0.05, 0) is 25.5 Å². The van der Waals surface area contributed by atoms with E-state index < -0.39 is 0 Å². The molecule has 8 nitrogen and oxygen atoms in total. The Labute approximate surface area is 176 Å². The van der Waals surface area contributed by atoms with Crippen molar-refractivity contribution in [2.75, 3.05) is 37.4 Å². The molecule has 0 saturated heterocycles. The molecule has 2 N–H and O–H groups in total. The van der Waals surface area contributed by atoms with Gasteiger partial charge in [-0.3, -0.25) is 4.79 Å². The Balaban J connectivity index is 1.65. The maximum absolute atomic E-state index is 12.4. The molecule has 2 heterocycles. The van der Waals surface area contributed by atoms with Crippen LogP contribution in [0.15, 0.2) is 11.4 Å². The molecule has 9 heteroatoms. The third-order valence-electron chi connectivity index (χ3n) is 5.09. The van der Waals surface area contributed by atoms with Gasteiger partial charge in [0.25, 0.3) is 0 Å². The Morgan fingerprint density at radius 2 is 2.07 bits per heavy atom. The minimum atomic E-state index is 0.175. The molecule has 1 aliphatic rings. The highest BCUT2D eigenvalue weighted by atomic mass is 32.2. The quantitative estimate of drug-likeness (QED) is 0.328. The molecular formula is C20H32N6O2S. The van der Waals surface area contributed by atoms with E-state index in [1.807, 2.05) is 11.6 Å². The Morgan fingerprint density at radius 3 is 2.83 bits per heavy atom. The summed E-state index contributed by atoms with van der Waals surface area (Å²) >= 11 is 1.60. The average Bonchev–Trinajstić information content (AvgIpc) is 3.15. The molecule has 160 valence electrons. The van der Waals surface area contributed by atoms with Crippen LogP contribution in [0.3, 0.4) is 0 Å². The van der Waals surface area contributed by atoms with E-state index in [0.717, 1.165) is 53.4 Å². The highest BCUT2D eigenvalue weighted by molar-refractivity contribution is 7.99. The van der Waals surface area contributed by atoms with Crippen LogP contribution in [0.4, 0.5) is 5.82 Å². The summed E-state index contributed by atoms with van der Waals surface area (Å²) in [6, 6.07) is 0. The van der Waals surface area contributed by atoms with Gasteiger partial charge in [0, 0.05) is 25.6 Å². The molecule has 0 unspecified atom stereocenters. The summed E-state index contributed by atoms with van der Waals surface area (Å²) in [5.41, 5.74) is 0.793. The van der Waals surface area contributed by atoms with Crippen molar-refractivity contribution in [1.82, 2.24) is 25.1 Å². The lowest BCUT2D eigenvalue weighted by molar-refractivity contribution is -0.125. The molecular weight excluding hydrogens is 388 g/mol. The second-order valence-corrected chi connectivity index (χ2v) is 8.37. The predicted octanol–water partition coefficient (Wildman–Crippen LogP) is 3.08. The van der Waals surface area contributed by atoms with E-state index in [9.17, 15) is 4.79 Å². The van der Waals surface area contributed by atoms with Gasteiger partial charge in [0.15, 0.2) is 10.8 Å². The SMILES string of the molecule is CCOCCNc1nc(SCC)nc2c1cnn2CCNC(=O)C1CCCCC1. The average molecular weight is 421 g/mol. The van der Waals surface area contributed by atoms with Crippen LogP contribution in [0.1, 0.15) is 46.0 Å². The fraction of sp³-hybridized carbons (Fsp3) is 0.700. The van der Waals surface area contributed by atoms with Crippen LogP contribution in [0.5, 0.6) is 0 Å². The first-order chi connectivity index (χ1) is 14.2. The van der Waals surface area contributed by atoms with E-state index in [0.29, 0.717) is 32.8 Å². The van der Waals surface area contributed by atoms with Crippen LogP contribution >= 0.6 is 11.8 Å². The number of hydrogen-bond acceptors (Lipinski definition) is 7. The lowest BCUT2D eigenvalue weighted by atomic mass is 9.89. The van der Waals surface area contributed by atoms with Crippen LogP contribution in [0, 0.1) is 5.92 Å². The number of ether oxygens (including phenoxy) is 1. The first-order valence-corrected chi connectivity index (χ1v) is 11.7. The zero-order chi connectivity index (χ0) is 20.5. The molecule has 29 heavy (non-hydrogen) atoms. The molecule has 0 spiro atoms. The van der Waals surface area contributed by atoms with E-state index in [4.69, 9.17) is 4.74 Å². The highest BCUT2D eigenvalue weighted by Gasteiger charge is 2.20. The zero-order valence-corrected chi connectivity index (χ0v) is 18.3. The Kier molecular flexibility index (Phi) is 8.54. The van der Waals surface area contributed by atoms with Crippen molar-refractivity contribution in [3.05, 3.63) is 6.20 Å². The Bertz CT molecular complexity index is 791. The maximum atomic E-state index is 12.4. The smallest absolute Gasteiger partial charge is 0.223 e. The van der Waals surface area contributed by atoms with E-state index in [2.05, 4.69) is 32.6 Å². The second-order valence-electron chi connectivity index (χ2n) is 7.14. The van der Waals surface area contributed by atoms with Crippen LogP contribution in [0.2, 0.25) is 0 Å². The fourth-order valence-corrected chi connectivity index (χ4v) is 4.17. The standard InChI is InChI=1S/C20H32N6O2S/c1-3-28-13-11-21-17-16-14-23-26(18(16)25-20(24-17)29-4-2)12-10-22-19(27)15-8-6-5-7-9-15/h14-15H,3-13H2,1-2H3,(H,22,27)(H,21,24,25). The molecule has 2 aromatic rings. The summed E-state index contributed by atoms with van der Waals surface area (Å²) in [6.07, 6.45) is 7.39. The minimum Gasteiger partial charge on any atom is -0.380 e. The van der Waals surface area contributed by atoms with Crippen molar-refractivity contribution in [1.29, 1.82) is 0 Å². The number of thioether (sulfide) groups is 1. The molecule has 0 aromatic carbocycles. The minimum absolute atomic E-state index is 0.175. The largest absolute Gasteiger partial charge is 0.380 e. The number of nitrogens with zero attached hydrogens (tertiary/aromatic N) is 4. The molecule has 1 aliphatic carbocycles. The van der Waals surface area contributed by atoms with Gasteiger partial charge < -0.3 is 15.4 Å². The van der Waals surface area contributed by atoms with E-state index in [1.165, 1.54) is 6.42 Å². The number of carbonyl (C=O) groups is 1. The van der Waals surface area contributed by atoms with Crippen molar-refractivity contribution < 1.29 is 9.53 Å². The molecule has 1 saturated carbocycles. The molecule has 2 aromatic heterocycles. The van der Waals surface area contributed by atoms with Gasteiger partial charge in [-0.1, -0.05) is 37.9 Å². The molecule has 0 aliphatic heterocycles. The summed E-state index contributed by atoms with van der Waals surface area (Å²) in [5, 5.41) is 12.5. The molecule has 3 rings (SSSR count). The van der Waals surface area contributed by atoms with Gasteiger partial charge >= 0.3 is 0 Å². The lowest BCUT2D eigenvalue weighted by Gasteiger charge is -2.20. The zero-order valence-electron chi connectivity index (χ0n) is 17.4. The molecule has 0 radical (unpaired) electrons. The number of aromatic nitrogens is 4. The number of hydrogen-bond donors (Lipinski definition) is 2. The van der Waals surface area contributed by atoms with Crippen LogP contribution < -0.4 is 10.6 Å². The summed E-state index contributed by atoms with van der Waals surface area (Å²) in [4.78, 5) is 21.7. The van der Waals surface area contributed by atoms with Gasteiger partial charge in [0.2, 0.25) is 5.91 Å². The molecule has 1 amide bonds. The van der Waals surface area contributed by atoms with Crippen molar-refractivity contribution in [3.8, 4) is 0 Å². The van der Waals surface area contributed by atoms with Gasteiger partial charge in [0.05, 0.1) is 24.7 Å². The van der Waals surface area contributed by atoms with E-state index >= 15 is 0 Å². The Morgan fingerprint density at radius 1 is 1.24 bits per heavy atom. The van der Waals surface area contributed by atoms with Crippen molar-refractivity contribution in [2.24, 2.45) is 5.92 Å². The molecule has 0 atom stereocenters. The normalized spacial score (nSPS) is 15.0. The first kappa shape index (κ1) is 21.8. The highest BCUT2D eigenvalue weighted by Crippen LogP contribution is 2.25. The third-order valence-corrected chi connectivity index (χ3v) is 5.82. The number of nitrogens with one attached hydrogen (secondary N) is 2. The van der Waals surface area contributed by atoms with Gasteiger partial charge in [0.1, 0.15) is 5.82 Å². The number of fused-ring (bicyclic) bond motifs is 1. The van der Waals surface area contributed by atoms with Crippen LogP contribution in [-0.2, 0) is 16.1 Å². The number of rotatable bonds is 11. The number of amides is 1. The van der Waals surface area contributed by atoms with Crippen molar-refractivity contribution >= 4 is 34.5 Å². The van der Waals surface area contributed by atoms with Gasteiger partial charge in [-0.2, -0.15) is 5.10 Å². The molecule has 1 fully saturated rings. The Hall–Kier alpha value is -1.87.